The Morgan fingerprint density at radius 1 is 0.974 bits per heavy atom. The second kappa shape index (κ2) is 11.2. The van der Waals surface area contributed by atoms with Crippen molar-refractivity contribution in [3.05, 3.63) is 60.4 Å². The fourth-order valence-corrected chi connectivity index (χ4v) is 7.20. The van der Waals surface area contributed by atoms with E-state index in [0.29, 0.717) is 19.4 Å². The van der Waals surface area contributed by atoms with E-state index in [9.17, 15) is 35.6 Å². The summed E-state index contributed by atoms with van der Waals surface area (Å²) in [4.78, 5) is 39.3. The van der Waals surface area contributed by atoms with Crippen LogP contribution in [0.3, 0.4) is 0 Å². The van der Waals surface area contributed by atoms with Gasteiger partial charge in [-0.15, -0.1) is 0 Å². The van der Waals surface area contributed by atoms with Gasteiger partial charge in [-0.05, 0) is 49.2 Å². The van der Waals surface area contributed by atoms with Gasteiger partial charge in [0.15, 0.2) is 9.84 Å². The van der Waals surface area contributed by atoms with E-state index in [-0.39, 0.29) is 22.9 Å². The van der Waals surface area contributed by atoms with E-state index < -0.39 is 67.8 Å². The minimum Gasteiger partial charge on any atom is -0.354 e. The maximum Gasteiger partial charge on any atom is 0.243 e. The lowest BCUT2D eigenvalue weighted by Crippen LogP contribution is -2.63. The number of carbonyl (C=O) groups excluding carboxylic acids is 3. The van der Waals surface area contributed by atoms with Crippen LogP contribution in [0.2, 0.25) is 0 Å². The molecule has 11 nitrogen and oxygen atoms in total. The summed E-state index contributed by atoms with van der Waals surface area (Å²) in [7, 11) is -8.28. The molecule has 2 aromatic carbocycles. The number of sulfonamides is 1. The van der Waals surface area contributed by atoms with Crippen LogP contribution in [-0.2, 0) is 34.2 Å². The van der Waals surface area contributed by atoms with E-state index in [4.69, 9.17) is 0 Å². The van der Waals surface area contributed by atoms with E-state index in [2.05, 4.69) is 10.6 Å². The zero-order valence-corrected chi connectivity index (χ0v) is 21.9. The van der Waals surface area contributed by atoms with E-state index in [0.717, 1.165) is 33.5 Å². The Morgan fingerprint density at radius 3 is 2.32 bits per heavy atom. The number of benzene rings is 2. The van der Waals surface area contributed by atoms with Crippen molar-refractivity contribution in [1.82, 2.24) is 19.8 Å². The lowest BCUT2D eigenvalue weighted by Gasteiger charge is -2.40. The molecule has 3 amide bonds. The molecular weight excluding hydrogens is 539 g/mol. The first-order valence-electron chi connectivity index (χ1n) is 11.9. The maximum atomic E-state index is 13.4. The first-order valence-corrected chi connectivity index (χ1v) is 15.0. The van der Waals surface area contributed by atoms with Crippen LogP contribution in [0.4, 0.5) is 4.39 Å². The van der Waals surface area contributed by atoms with Gasteiger partial charge < -0.3 is 15.5 Å². The summed E-state index contributed by atoms with van der Waals surface area (Å²) in [6.07, 6.45) is 0.966. The van der Waals surface area contributed by atoms with Crippen molar-refractivity contribution in [3.63, 3.8) is 0 Å². The van der Waals surface area contributed by atoms with Gasteiger partial charge >= 0.3 is 0 Å². The van der Waals surface area contributed by atoms with Gasteiger partial charge in [-0.25, -0.2) is 21.2 Å². The molecule has 2 N–H and O–H groups in total. The van der Waals surface area contributed by atoms with Gasteiger partial charge in [0.05, 0.1) is 9.79 Å². The highest BCUT2D eigenvalue weighted by Gasteiger charge is 2.43. The number of piperidine rings is 1. The van der Waals surface area contributed by atoms with Crippen LogP contribution in [-0.4, -0.2) is 87.8 Å². The van der Waals surface area contributed by atoms with Crippen LogP contribution in [0, 0.1) is 5.82 Å². The number of sulfone groups is 1. The molecule has 14 heteroatoms. The summed E-state index contributed by atoms with van der Waals surface area (Å²) < 4.78 is 66.6. The van der Waals surface area contributed by atoms with Crippen molar-refractivity contribution >= 4 is 37.6 Å². The van der Waals surface area contributed by atoms with Crippen LogP contribution in [0.5, 0.6) is 0 Å². The molecule has 204 valence electrons. The summed E-state index contributed by atoms with van der Waals surface area (Å²) >= 11 is 0. The molecule has 2 fully saturated rings. The molecule has 0 spiro atoms. The fourth-order valence-electron chi connectivity index (χ4n) is 4.38. The number of hydrogen-bond donors (Lipinski definition) is 2. The minimum absolute atomic E-state index is 0.0384. The van der Waals surface area contributed by atoms with Gasteiger partial charge in [0, 0.05) is 26.2 Å². The predicted octanol–water partition coefficient (Wildman–Crippen LogP) is -0.104. The Balaban J connectivity index is 1.58. The van der Waals surface area contributed by atoms with Crippen molar-refractivity contribution in [1.29, 1.82) is 0 Å². The highest BCUT2D eigenvalue weighted by Crippen LogP contribution is 2.23. The van der Waals surface area contributed by atoms with Crippen LogP contribution >= 0.6 is 0 Å². The van der Waals surface area contributed by atoms with Crippen LogP contribution in [0.15, 0.2) is 64.4 Å². The van der Waals surface area contributed by atoms with Crippen molar-refractivity contribution in [3.8, 4) is 0 Å². The Morgan fingerprint density at radius 2 is 1.66 bits per heavy atom. The van der Waals surface area contributed by atoms with E-state index >= 15 is 0 Å². The Kier molecular flexibility index (Phi) is 8.13. The third-order valence-electron chi connectivity index (χ3n) is 6.42. The maximum absolute atomic E-state index is 13.4. The summed E-state index contributed by atoms with van der Waals surface area (Å²) in [5.41, 5.74) is 0. The summed E-state index contributed by atoms with van der Waals surface area (Å²) in [6.45, 7) is -0.454. The predicted molar refractivity (Wildman–Crippen MR) is 133 cm³/mol. The molecule has 0 unspecified atom stereocenters. The number of carbonyl (C=O) groups is 3. The second-order valence-corrected chi connectivity index (χ2v) is 12.9. The van der Waals surface area contributed by atoms with Crippen LogP contribution in [0.25, 0.3) is 0 Å². The second-order valence-electron chi connectivity index (χ2n) is 8.99. The normalized spacial score (nSPS) is 21.0. The van der Waals surface area contributed by atoms with Gasteiger partial charge in [0.1, 0.15) is 23.7 Å². The van der Waals surface area contributed by atoms with Gasteiger partial charge in [0.25, 0.3) is 0 Å². The minimum atomic E-state index is -4.31. The first kappa shape index (κ1) is 27.7. The van der Waals surface area contributed by atoms with Gasteiger partial charge in [-0.1, -0.05) is 18.2 Å². The van der Waals surface area contributed by atoms with Crippen LogP contribution < -0.4 is 10.6 Å². The SMILES string of the molecule is O=C1NCCC[C@@H]1NC(=O)[C@H]1CN(C(=O)CS(=O)(=O)c2ccccc2)CCN1S(=O)(=O)c1ccc(F)cc1. The fraction of sp³-hybridized carbons (Fsp3) is 0.375. The number of halogens is 1. The summed E-state index contributed by atoms with van der Waals surface area (Å²) in [5.74, 6) is -3.50. The molecule has 2 saturated heterocycles. The Labute approximate surface area is 220 Å². The zero-order chi connectivity index (χ0) is 27.5. The lowest BCUT2D eigenvalue weighted by molar-refractivity contribution is -0.136. The van der Waals surface area contributed by atoms with E-state index in [1.807, 2.05) is 0 Å². The molecule has 0 saturated carbocycles. The molecule has 38 heavy (non-hydrogen) atoms. The third kappa shape index (κ3) is 6.03. The topological polar surface area (TPSA) is 150 Å². The largest absolute Gasteiger partial charge is 0.354 e. The quantitative estimate of drug-likeness (QED) is 0.475. The molecular formula is C24H27FN4O7S2. The number of hydrogen-bond acceptors (Lipinski definition) is 7. The lowest BCUT2D eigenvalue weighted by atomic mass is 10.1. The number of piperazine rings is 1. The van der Waals surface area contributed by atoms with Gasteiger partial charge in [0.2, 0.25) is 27.7 Å². The molecule has 2 aliphatic heterocycles. The monoisotopic (exact) mass is 566 g/mol. The van der Waals surface area contributed by atoms with Gasteiger partial charge in [-0.3, -0.25) is 14.4 Å². The number of rotatable bonds is 7. The smallest absolute Gasteiger partial charge is 0.243 e. The third-order valence-corrected chi connectivity index (χ3v) is 9.96. The Bertz CT molecular complexity index is 1420. The first-order chi connectivity index (χ1) is 18.0. The zero-order valence-electron chi connectivity index (χ0n) is 20.2. The van der Waals surface area contributed by atoms with Crippen LogP contribution in [0.1, 0.15) is 12.8 Å². The number of nitrogens with zero attached hydrogens (tertiary/aromatic N) is 2. The molecule has 2 aromatic rings. The van der Waals surface area contributed by atoms with Crippen molar-refractivity contribution in [2.45, 2.75) is 34.7 Å². The molecule has 2 aliphatic rings. The average molecular weight is 567 g/mol. The molecule has 4 rings (SSSR count). The van der Waals surface area contributed by atoms with E-state index in [1.165, 1.54) is 24.3 Å². The molecule has 0 aliphatic carbocycles. The highest BCUT2D eigenvalue weighted by molar-refractivity contribution is 7.92. The van der Waals surface area contributed by atoms with Gasteiger partial charge in [-0.2, -0.15) is 4.31 Å². The average Bonchev–Trinajstić information content (AvgIpc) is 2.90. The Hall–Kier alpha value is -3.36. The molecule has 2 heterocycles. The van der Waals surface area contributed by atoms with Crippen molar-refractivity contribution < 1.29 is 35.6 Å². The van der Waals surface area contributed by atoms with E-state index in [1.54, 1.807) is 6.07 Å². The number of amides is 3. The van der Waals surface area contributed by atoms with Crippen molar-refractivity contribution in [2.24, 2.45) is 0 Å². The number of nitrogens with one attached hydrogen (secondary N) is 2. The van der Waals surface area contributed by atoms with Crippen molar-refractivity contribution in [2.75, 3.05) is 31.9 Å². The molecule has 0 radical (unpaired) electrons. The summed E-state index contributed by atoms with van der Waals surface area (Å²) in [6, 6.07) is 9.17. The molecule has 0 aromatic heterocycles. The highest BCUT2D eigenvalue weighted by atomic mass is 32.2. The molecule has 0 bridgehead atoms. The standard InChI is InChI=1S/C24H27FN4O7S2/c25-17-8-10-19(11-9-17)38(35,36)29-14-13-28(22(30)16-37(33,34)18-5-2-1-3-6-18)15-21(29)24(32)27-20-7-4-12-26-23(20)31/h1-3,5-6,8-11,20-21H,4,7,12-16H2,(H,26,31)(H,27,32)/t20-,21+/m0/s1. The summed E-state index contributed by atoms with van der Waals surface area (Å²) in [5, 5.41) is 5.19. The molecule has 2 atom stereocenters.